The molecule has 0 amide bonds. The van der Waals surface area contributed by atoms with Crippen LogP contribution in [0.1, 0.15) is 20.8 Å². The van der Waals surface area contributed by atoms with Crippen LogP contribution in [0.25, 0.3) is 0 Å². The van der Waals surface area contributed by atoms with E-state index in [-0.39, 0.29) is 5.79 Å². The largest absolute Gasteiger partial charge is 0.345 e. The van der Waals surface area contributed by atoms with Crippen molar-refractivity contribution in [1.29, 1.82) is 0 Å². The summed E-state index contributed by atoms with van der Waals surface area (Å²) in [5, 5.41) is 0. The van der Waals surface area contributed by atoms with Crippen LogP contribution in [-0.2, 0) is 9.47 Å². The second-order valence-electron chi connectivity index (χ2n) is 4.43. The topological polar surface area (TPSA) is 21.7 Å². The molecule has 13 heavy (non-hydrogen) atoms. The molecule has 1 spiro atoms. The molecule has 2 aliphatic heterocycles. The van der Waals surface area contributed by atoms with Gasteiger partial charge in [-0.2, -0.15) is 0 Å². The average molecular weight is 185 g/mol. The third-order valence-electron chi connectivity index (χ3n) is 3.00. The number of nitrogens with zero attached hydrogens (tertiary/aromatic N) is 1. The molecule has 2 rings (SSSR count). The van der Waals surface area contributed by atoms with Gasteiger partial charge in [0.2, 0.25) is 0 Å². The van der Waals surface area contributed by atoms with Crippen molar-refractivity contribution in [1.82, 2.24) is 4.90 Å². The molecule has 1 unspecified atom stereocenters. The van der Waals surface area contributed by atoms with E-state index in [1.54, 1.807) is 0 Å². The zero-order valence-electron chi connectivity index (χ0n) is 8.75. The summed E-state index contributed by atoms with van der Waals surface area (Å²) in [7, 11) is 0. The summed E-state index contributed by atoms with van der Waals surface area (Å²) >= 11 is 0. The highest BCUT2D eigenvalue weighted by Crippen LogP contribution is 2.34. The summed E-state index contributed by atoms with van der Waals surface area (Å²) in [6.07, 6.45) is 0.305. The molecule has 3 heteroatoms. The summed E-state index contributed by atoms with van der Waals surface area (Å²) in [6, 6.07) is 0. The molecule has 2 saturated heterocycles. The first-order valence-corrected chi connectivity index (χ1v) is 5.19. The highest BCUT2D eigenvalue weighted by molar-refractivity contribution is 4.93. The molecule has 0 aromatic carbocycles. The van der Waals surface area contributed by atoms with Gasteiger partial charge < -0.3 is 9.47 Å². The van der Waals surface area contributed by atoms with Crippen LogP contribution < -0.4 is 0 Å². The Labute approximate surface area is 80.0 Å². The average Bonchev–Trinajstić information content (AvgIpc) is 2.45. The van der Waals surface area contributed by atoms with Crippen LogP contribution in [-0.4, -0.2) is 43.0 Å². The molecule has 2 heterocycles. The standard InChI is InChI=1S/C10H19NO2/c1-4-11-6-10(7-11)12-5-9(13-10)8(2)3/h8-9H,4-7H2,1-3H3. The van der Waals surface area contributed by atoms with Crippen LogP contribution in [0.15, 0.2) is 0 Å². The number of ether oxygens (including phenoxy) is 2. The second kappa shape index (κ2) is 3.23. The lowest BCUT2D eigenvalue weighted by Crippen LogP contribution is -2.62. The molecule has 2 fully saturated rings. The number of likely N-dealkylation sites (tertiary alicyclic amines) is 1. The van der Waals surface area contributed by atoms with Crippen LogP contribution in [0, 0.1) is 5.92 Å². The molecule has 0 aliphatic carbocycles. The molecular weight excluding hydrogens is 166 g/mol. The molecule has 0 radical (unpaired) electrons. The molecule has 0 aromatic rings. The zero-order valence-corrected chi connectivity index (χ0v) is 8.75. The summed E-state index contributed by atoms with van der Waals surface area (Å²) in [4.78, 5) is 2.34. The van der Waals surface area contributed by atoms with E-state index in [0.29, 0.717) is 12.0 Å². The number of hydrogen-bond donors (Lipinski definition) is 0. The maximum Gasteiger partial charge on any atom is 0.194 e. The third-order valence-corrected chi connectivity index (χ3v) is 3.00. The van der Waals surface area contributed by atoms with Crippen molar-refractivity contribution >= 4 is 0 Å². The minimum atomic E-state index is -0.231. The fourth-order valence-electron chi connectivity index (χ4n) is 1.93. The monoisotopic (exact) mass is 185 g/mol. The van der Waals surface area contributed by atoms with E-state index < -0.39 is 0 Å². The Bertz CT molecular complexity index is 187. The quantitative estimate of drug-likeness (QED) is 0.643. The van der Waals surface area contributed by atoms with Gasteiger partial charge in [-0.15, -0.1) is 0 Å². The predicted octanol–water partition coefficient (Wildman–Crippen LogP) is 1.09. The normalized spacial score (nSPS) is 32.8. The van der Waals surface area contributed by atoms with Crippen LogP contribution in [0.3, 0.4) is 0 Å². The van der Waals surface area contributed by atoms with Gasteiger partial charge in [0, 0.05) is 0 Å². The van der Waals surface area contributed by atoms with Gasteiger partial charge in [-0.1, -0.05) is 20.8 Å². The Hall–Kier alpha value is -0.120. The van der Waals surface area contributed by atoms with Gasteiger partial charge in [0.1, 0.15) is 0 Å². The Morgan fingerprint density at radius 3 is 2.62 bits per heavy atom. The van der Waals surface area contributed by atoms with E-state index in [2.05, 4.69) is 25.7 Å². The van der Waals surface area contributed by atoms with Gasteiger partial charge in [-0.25, -0.2) is 0 Å². The minimum absolute atomic E-state index is 0.231. The first-order valence-electron chi connectivity index (χ1n) is 5.19. The lowest BCUT2D eigenvalue weighted by molar-refractivity contribution is -0.247. The van der Waals surface area contributed by atoms with Crippen LogP contribution in [0.5, 0.6) is 0 Å². The molecule has 0 bridgehead atoms. The van der Waals surface area contributed by atoms with Crippen molar-refractivity contribution in [3.63, 3.8) is 0 Å². The molecule has 1 atom stereocenters. The number of hydrogen-bond acceptors (Lipinski definition) is 3. The Balaban J connectivity index is 1.86. The summed E-state index contributed by atoms with van der Waals surface area (Å²) in [6.45, 7) is 10.3. The second-order valence-corrected chi connectivity index (χ2v) is 4.43. The van der Waals surface area contributed by atoms with E-state index in [9.17, 15) is 0 Å². The van der Waals surface area contributed by atoms with Crippen LogP contribution in [0.4, 0.5) is 0 Å². The number of rotatable bonds is 2. The molecular formula is C10H19NO2. The molecule has 2 aliphatic rings. The van der Waals surface area contributed by atoms with E-state index in [1.807, 2.05) is 0 Å². The van der Waals surface area contributed by atoms with Crippen LogP contribution >= 0.6 is 0 Å². The lowest BCUT2D eigenvalue weighted by Gasteiger charge is -2.45. The lowest BCUT2D eigenvalue weighted by atomic mass is 10.1. The minimum Gasteiger partial charge on any atom is -0.345 e. The Morgan fingerprint density at radius 1 is 1.46 bits per heavy atom. The van der Waals surface area contributed by atoms with Gasteiger partial charge in [0.15, 0.2) is 5.79 Å². The summed E-state index contributed by atoms with van der Waals surface area (Å²) in [5.74, 6) is 0.334. The van der Waals surface area contributed by atoms with Gasteiger partial charge in [-0.3, -0.25) is 4.90 Å². The highest BCUT2D eigenvalue weighted by Gasteiger charge is 2.50. The zero-order chi connectivity index (χ0) is 9.47. The highest BCUT2D eigenvalue weighted by atomic mass is 16.8. The van der Waals surface area contributed by atoms with Crippen molar-refractivity contribution < 1.29 is 9.47 Å². The maximum atomic E-state index is 5.91. The van der Waals surface area contributed by atoms with E-state index in [0.717, 1.165) is 26.2 Å². The summed E-state index contributed by atoms with van der Waals surface area (Å²) in [5.41, 5.74) is 0. The van der Waals surface area contributed by atoms with E-state index in [4.69, 9.17) is 9.47 Å². The van der Waals surface area contributed by atoms with E-state index >= 15 is 0 Å². The van der Waals surface area contributed by atoms with Gasteiger partial charge >= 0.3 is 0 Å². The van der Waals surface area contributed by atoms with Crippen molar-refractivity contribution in [3.8, 4) is 0 Å². The van der Waals surface area contributed by atoms with E-state index in [1.165, 1.54) is 0 Å². The first kappa shape index (κ1) is 9.44. The number of likely N-dealkylation sites (N-methyl/N-ethyl adjacent to an activating group) is 1. The molecule has 0 saturated carbocycles. The third kappa shape index (κ3) is 1.60. The Kier molecular flexibility index (Phi) is 2.34. The van der Waals surface area contributed by atoms with Gasteiger partial charge in [-0.05, 0) is 12.5 Å². The van der Waals surface area contributed by atoms with Crippen molar-refractivity contribution in [3.05, 3.63) is 0 Å². The van der Waals surface area contributed by atoms with Crippen molar-refractivity contribution in [2.24, 2.45) is 5.92 Å². The molecule has 76 valence electrons. The van der Waals surface area contributed by atoms with Crippen molar-refractivity contribution in [2.45, 2.75) is 32.7 Å². The van der Waals surface area contributed by atoms with Crippen molar-refractivity contribution in [2.75, 3.05) is 26.2 Å². The SMILES string of the molecule is CCN1CC2(C1)OCC(C(C)C)O2. The fraction of sp³-hybridized carbons (Fsp3) is 1.00. The fourth-order valence-corrected chi connectivity index (χ4v) is 1.93. The first-order chi connectivity index (χ1) is 6.15. The van der Waals surface area contributed by atoms with Gasteiger partial charge in [0.25, 0.3) is 0 Å². The van der Waals surface area contributed by atoms with Gasteiger partial charge in [0.05, 0.1) is 25.8 Å². The smallest absolute Gasteiger partial charge is 0.194 e. The molecule has 0 N–H and O–H groups in total. The molecule has 0 aromatic heterocycles. The van der Waals surface area contributed by atoms with Crippen LogP contribution in [0.2, 0.25) is 0 Å². The predicted molar refractivity (Wildman–Crippen MR) is 50.5 cm³/mol. The molecule has 3 nitrogen and oxygen atoms in total. The summed E-state index contributed by atoms with van der Waals surface area (Å²) < 4.78 is 11.6. The maximum absolute atomic E-state index is 5.91. The Morgan fingerprint density at radius 2 is 2.15 bits per heavy atom.